The second-order valence-corrected chi connectivity index (χ2v) is 3.90. The third-order valence-corrected chi connectivity index (χ3v) is 1.98. The second-order valence-electron chi connectivity index (χ2n) is 3.90. The number of nitrogens with one attached hydrogen (secondary N) is 2. The van der Waals surface area contributed by atoms with Crippen molar-refractivity contribution in [1.82, 2.24) is 5.32 Å². The molecule has 0 radical (unpaired) electrons. The lowest BCUT2D eigenvalue weighted by Crippen LogP contribution is -2.31. The van der Waals surface area contributed by atoms with Crippen LogP contribution in [-0.4, -0.2) is 25.8 Å². The van der Waals surface area contributed by atoms with Crippen molar-refractivity contribution in [3.8, 4) is 0 Å². The molecular weight excluding hydrogens is 235 g/mol. The first kappa shape index (κ1) is 14.2. The van der Waals surface area contributed by atoms with E-state index in [0.29, 0.717) is 25.4 Å². The zero-order valence-electron chi connectivity index (χ0n) is 10.3. The van der Waals surface area contributed by atoms with Crippen LogP contribution in [0.3, 0.4) is 0 Å². The second kappa shape index (κ2) is 7.45. The molecule has 0 aliphatic carbocycles. The van der Waals surface area contributed by atoms with E-state index in [1.165, 1.54) is 24.3 Å². The summed E-state index contributed by atoms with van der Waals surface area (Å²) in [6.07, 6.45) is 0. The van der Waals surface area contributed by atoms with Crippen LogP contribution in [0.15, 0.2) is 36.4 Å². The van der Waals surface area contributed by atoms with Crippen LogP contribution in [0.25, 0.3) is 0 Å². The van der Waals surface area contributed by atoms with Crippen molar-refractivity contribution < 1.29 is 13.9 Å². The molecule has 98 valence electrons. The topological polar surface area (TPSA) is 50.4 Å². The van der Waals surface area contributed by atoms with Crippen molar-refractivity contribution >= 4 is 11.7 Å². The molecule has 0 bridgehead atoms. The van der Waals surface area contributed by atoms with Crippen molar-refractivity contribution in [2.75, 3.05) is 25.1 Å². The molecule has 5 heteroatoms. The molecule has 1 rings (SSSR count). The molecule has 2 N–H and O–H groups in total. The fourth-order valence-corrected chi connectivity index (χ4v) is 1.19. The highest BCUT2D eigenvalue weighted by molar-refractivity contribution is 5.89. The summed E-state index contributed by atoms with van der Waals surface area (Å²) in [7, 11) is 0. The van der Waals surface area contributed by atoms with Crippen molar-refractivity contribution in [3.05, 3.63) is 42.2 Å². The summed E-state index contributed by atoms with van der Waals surface area (Å²) in [5.74, 6) is -0.339. The number of carbonyl (C=O) groups is 1. The Labute approximate surface area is 106 Å². The Bertz CT molecular complexity index is 404. The van der Waals surface area contributed by atoms with E-state index >= 15 is 0 Å². The van der Waals surface area contributed by atoms with Crippen LogP contribution >= 0.6 is 0 Å². The zero-order chi connectivity index (χ0) is 13.4. The van der Waals surface area contributed by atoms with Crippen molar-refractivity contribution in [2.24, 2.45) is 0 Å². The van der Waals surface area contributed by atoms with Gasteiger partial charge < -0.3 is 15.4 Å². The summed E-state index contributed by atoms with van der Waals surface area (Å²) in [4.78, 5) is 11.4. The lowest BCUT2D eigenvalue weighted by Gasteiger charge is -2.08. The van der Waals surface area contributed by atoms with Crippen molar-refractivity contribution in [1.29, 1.82) is 0 Å². The first-order chi connectivity index (χ1) is 8.58. The van der Waals surface area contributed by atoms with E-state index < -0.39 is 0 Å². The Balaban J connectivity index is 2.17. The van der Waals surface area contributed by atoms with E-state index in [1.807, 2.05) is 6.92 Å². The number of halogens is 1. The van der Waals surface area contributed by atoms with Gasteiger partial charge in [-0.05, 0) is 31.2 Å². The third kappa shape index (κ3) is 6.00. The van der Waals surface area contributed by atoms with Crippen LogP contribution in [0.5, 0.6) is 0 Å². The lowest BCUT2D eigenvalue weighted by atomic mass is 10.3. The monoisotopic (exact) mass is 252 g/mol. The van der Waals surface area contributed by atoms with Gasteiger partial charge in [-0.25, -0.2) is 9.18 Å². The van der Waals surface area contributed by atoms with E-state index in [0.717, 1.165) is 5.57 Å². The fraction of sp³-hybridized carbons (Fsp3) is 0.308. The molecule has 2 amide bonds. The highest BCUT2D eigenvalue weighted by Gasteiger charge is 2.00. The number of carbonyl (C=O) groups excluding carboxylic acids is 1. The van der Waals surface area contributed by atoms with Crippen LogP contribution in [0.2, 0.25) is 0 Å². The number of rotatable bonds is 6. The van der Waals surface area contributed by atoms with Crippen LogP contribution < -0.4 is 10.6 Å². The lowest BCUT2D eigenvalue weighted by molar-refractivity contribution is 0.159. The van der Waals surface area contributed by atoms with Gasteiger partial charge in [-0.1, -0.05) is 12.2 Å². The number of benzene rings is 1. The maximum absolute atomic E-state index is 12.6. The number of urea groups is 1. The van der Waals surface area contributed by atoms with Gasteiger partial charge in [0.15, 0.2) is 0 Å². The number of amides is 2. The van der Waals surface area contributed by atoms with Crippen molar-refractivity contribution in [3.63, 3.8) is 0 Å². The molecule has 4 nitrogen and oxygen atoms in total. The van der Waals surface area contributed by atoms with Gasteiger partial charge in [-0.15, -0.1) is 0 Å². The molecule has 0 saturated carbocycles. The Hall–Kier alpha value is -1.88. The normalized spacial score (nSPS) is 9.89. The molecule has 0 spiro atoms. The van der Waals surface area contributed by atoms with E-state index in [1.54, 1.807) is 0 Å². The van der Waals surface area contributed by atoms with Gasteiger partial charge in [0.2, 0.25) is 0 Å². The summed E-state index contributed by atoms with van der Waals surface area (Å²) in [6.45, 7) is 6.88. The van der Waals surface area contributed by atoms with E-state index in [4.69, 9.17) is 4.74 Å². The molecule has 0 heterocycles. The largest absolute Gasteiger partial charge is 0.375 e. The van der Waals surface area contributed by atoms with Gasteiger partial charge in [0.05, 0.1) is 13.2 Å². The van der Waals surface area contributed by atoms with Gasteiger partial charge in [0, 0.05) is 12.2 Å². The first-order valence-electron chi connectivity index (χ1n) is 5.60. The number of hydrogen-bond donors (Lipinski definition) is 2. The smallest absolute Gasteiger partial charge is 0.319 e. The van der Waals surface area contributed by atoms with Gasteiger partial charge in [-0.3, -0.25) is 0 Å². The highest BCUT2D eigenvalue weighted by Crippen LogP contribution is 2.07. The standard InChI is InChI=1S/C13H17FN2O2/c1-10(2)9-18-8-7-15-13(17)16-12-5-3-11(14)4-6-12/h3-6H,1,7-9H2,2H3,(H2,15,16,17). The molecule has 0 saturated heterocycles. The molecule has 0 atom stereocenters. The summed E-state index contributed by atoms with van der Waals surface area (Å²) < 4.78 is 17.8. The SMILES string of the molecule is C=C(C)COCCNC(=O)Nc1ccc(F)cc1. The Morgan fingerprint density at radius 3 is 2.67 bits per heavy atom. The summed E-state index contributed by atoms with van der Waals surface area (Å²) in [5, 5.41) is 5.20. The Kier molecular flexibility index (Phi) is 5.87. The van der Waals surface area contributed by atoms with Crippen LogP contribution in [0.1, 0.15) is 6.92 Å². The minimum Gasteiger partial charge on any atom is -0.375 e. The molecule has 0 unspecified atom stereocenters. The van der Waals surface area contributed by atoms with Crippen LogP contribution in [0.4, 0.5) is 14.9 Å². The van der Waals surface area contributed by atoms with Gasteiger partial charge in [0.25, 0.3) is 0 Å². The number of anilines is 1. The number of ether oxygens (including phenoxy) is 1. The van der Waals surface area contributed by atoms with Crippen LogP contribution in [-0.2, 0) is 4.74 Å². The molecule has 0 aromatic heterocycles. The molecule has 0 aliphatic heterocycles. The quantitative estimate of drug-likeness (QED) is 0.604. The summed E-state index contributed by atoms with van der Waals surface area (Å²) in [5.41, 5.74) is 1.47. The average Bonchev–Trinajstić information content (AvgIpc) is 2.31. The maximum atomic E-state index is 12.6. The number of hydrogen-bond acceptors (Lipinski definition) is 2. The Morgan fingerprint density at radius 2 is 2.06 bits per heavy atom. The highest BCUT2D eigenvalue weighted by atomic mass is 19.1. The summed E-state index contributed by atoms with van der Waals surface area (Å²) in [6, 6.07) is 5.20. The van der Waals surface area contributed by atoms with Gasteiger partial charge in [0.1, 0.15) is 5.82 Å². The molecule has 0 fully saturated rings. The minimum atomic E-state index is -0.347. The molecule has 18 heavy (non-hydrogen) atoms. The molecule has 1 aromatic carbocycles. The third-order valence-electron chi connectivity index (χ3n) is 1.98. The maximum Gasteiger partial charge on any atom is 0.319 e. The van der Waals surface area contributed by atoms with E-state index in [9.17, 15) is 9.18 Å². The Morgan fingerprint density at radius 1 is 1.39 bits per heavy atom. The zero-order valence-corrected chi connectivity index (χ0v) is 10.3. The molecule has 0 aliphatic rings. The van der Waals surface area contributed by atoms with E-state index in [-0.39, 0.29) is 11.8 Å². The summed E-state index contributed by atoms with van der Waals surface area (Å²) >= 11 is 0. The van der Waals surface area contributed by atoms with Gasteiger partial charge >= 0.3 is 6.03 Å². The van der Waals surface area contributed by atoms with Gasteiger partial charge in [-0.2, -0.15) is 0 Å². The minimum absolute atomic E-state index is 0.339. The van der Waals surface area contributed by atoms with E-state index in [2.05, 4.69) is 17.2 Å². The van der Waals surface area contributed by atoms with Crippen molar-refractivity contribution in [2.45, 2.75) is 6.92 Å². The predicted octanol–water partition coefficient (Wildman–Crippen LogP) is 2.54. The molecule has 1 aromatic rings. The fourth-order valence-electron chi connectivity index (χ4n) is 1.19. The van der Waals surface area contributed by atoms with Crippen LogP contribution in [0, 0.1) is 5.82 Å². The average molecular weight is 252 g/mol. The predicted molar refractivity (Wildman–Crippen MR) is 69.1 cm³/mol. The molecular formula is C13H17FN2O2. The first-order valence-corrected chi connectivity index (χ1v) is 5.60.